The summed E-state index contributed by atoms with van der Waals surface area (Å²) < 4.78 is 5.37. The van der Waals surface area contributed by atoms with E-state index in [1.54, 1.807) is 13.0 Å². The summed E-state index contributed by atoms with van der Waals surface area (Å²) in [5.41, 5.74) is 4.83. The van der Waals surface area contributed by atoms with Gasteiger partial charge in [0.15, 0.2) is 0 Å². The molecule has 3 rings (SSSR count). The molecule has 4 nitrogen and oxygen atoms in total. The zero-order chi connectivity index (χ0) is 16.4. The quantitative estimate of drug-likeness (QED) is 0.582. The monoisotopic (exact) mass is 306 g/mol. The second-order valence-electron chi connectivity index (χ2n) is 5.53. The smallest absolute Gasteiger partial charge is 0.274 e. The molecule has 0 radical (unpaired) electrons. The number of rotatable bonds is 3. The van der Waals surface area contributed by atoms with Crippen LogP contribution in [0.25, 0.3) is 10.8 Å². The fourth-order valence-electron chi connectivity index (χ4n) is 2.53. The minimum Gasteiger partial charge on any atom is -0.466 e. The first kappa shape index (κ1) is 15.0. The zero-order valence-corrected chi connectivity index (χ0v) is 13.4. The van der Waals surface area contributed by atoms with E-state index in [0.717, 1.165) is 16.7 Å². The number of benzene rings is 2. The molecule has 23 heavy (non-hydrogen) atoms. The van der Waals surface area contributed by atoms with Crippen molar-refractivity contribution in [3.05, 3.63) is 71.2 Å². The lowest BCUT2D eigenvalue weighted by Gasteiger charge is -2.04. The maximum atomic E-state index is 12.1. The van der Waals surface area contributed by atoms with Gasteiger partial charge in [-0.25, -0.2) is 5.43 Å². The van der Waals surface area contributed by atoms with Crippen LogP contribution in [-0.2, 0) is 0 Å². The molecule has 1 aromatic heterocycles. The third-order valence-electron chi connectivity index (χ3n) is 3.78. The second kappa shape index (κ2) is 6.08. The van der Waals surface area contributed by atoms with Crippen molar-refractivity contribution in [2.75, 3.05) is 0 Å². The third kappa shape index (κ3) is 3.16. The van der Waals surface area contributed by atoms with E-state index in [1.165, 1.54) is 5.39 Å². The molecular weight excluding hydrogens is 288 g/mol. The van der Waals surface area contributed by atoms with Crippen molar-refractivity contribution in [1.29, 1.82) is 0 Å². The van der Waals surface area contributed by atoms with Crippen molar-refractivity contribution >= 4 is 22.4 Å². The molecule has 0 spiro atoms. The van der Waals surface area contributed by atoms with Crippen LogP contribution in [-0.4, -0.2) is 11.6 Å². The Morgan fingerprint density at radius 1 is 1.04 bits per heavy atom. The Balaban J connectivity index is 1.81. The Morgan fingerprint density at radius 3 is 2.48 bits per heavy atom. The molecule has 0 atom stereocenters. The van der Waals surface area contributed by atoms with E-state index in [-0.39, 0.29) is 5.91 Å². The van der Waals surface area contributed by atoms with Gasteiger partial charge in [-0.3, -0.25) is 4.79 Å². The van der Waals surface area contributed by atoms with E-state index in [1.807, 2.05) is 32.0 Å². The fraction of sp³-hybridized carbons (Fsp3) is 0.158. The topological polar surface area (TPSA) is 54.6 Å². The lowest BCUT2D eigenvalue weighted by molar-refractivity contribution is 0.0953. The summed E-state index contributed by atoms with van der Waals surface area (Å²) in [7, 11) is 0. The molecule has 0 aliphatic rings. The van der Waals surface area contributed by atoms with Gasteiger partial charge < -0.3 is 4.42 Å². The molecule has 3 aromatic rings. The SMILES string of the molecule is CC(=NNC(=O)c1cc(C)oc1C)c1ccc2ccccc2c1. The van der Waals surface area contributed by atoms with Crippen molar-refractivity contribution in [3.8, 4) is 0 Å². The lowest BCUT2D eigenvalue weighted by atomic mass is 10.0. The van der Waals surface area contributed by atoms with Crippen LogP contribution < -0.4 is 5.43 Å². The summed E-state index contributed by atoms with van der Waals surface area (Å²) in [4.78, 5) is 12.1. The predicted molar refractivity (Wildman–Crippen MR) is 91.8 cm³/mol. The van der Waals surface area contributed by atoms with Crippen LogP contribution in [0.4, 0.5) is 0 Å². The Bertz CT molecular complexity index is 907. The minimum atomic E-state index is -0.264. The molecule has 0 fully saturated rings. The van der Waals surface area contributed by atoms with Crippen molar-refractivity contribution in [1.82, 2.24) is 5.43 Å². The predicted octanol–water partition coefficient (Wildman–Crippen LogP) is 4.20. The molecule has 4 heteroatoms. The van der Waals surface area contributed by atoms with Crippen LogP contribution in [0.2, 0.25) is 0 Å². The summed E-state index contributed by atoms with van der Waals surface area (Å²) in [6.07, 6.45) is 0. The van der Waals surface area contributed by atoms with Gasteiger partial charge in [-0.2, -0.15) is 5.10 Å². The number of hydrazone groups is 1. The van der Waals surface area contributed by atoms with Crippen LogP contribution in [0.5, 0.6) is 0 Å². The van der Waals surface area contributed by atoms with E-state index >= 15 is 0 Å². The van der Waals surface area contributed by atoms with Crippen molar-refractivity contribution < 1.29 is 9.21 Å². The highest BCUT2D eigenvalue weighted by Crippen LogP contribution is 2.16. The number of furan rings is 1. The maximum absolute atomic E-state index is 12.1. The number of hydrogen-bond donors (Lipinski definition) is 1. The van der Waals surface area contributed by atoms with Crippen LogP contribution in [0, 0.1) is 13.8 Å². The average Bonchev–Trinajstić information content (AvgIpc) is 2.90. The standard InChI is InChI=1S/C19H18N2O2/c1-12-10-18(14(3)23-12)19(22)21-20-13(2)16-9-8-15-6-4-5-7-17(15)11-16/h4-11H,1-3H3,(H,21,22). The van der Waals surface area contributed by atoms with E-state index < -0.39 is 0 Å². The number of amides is 1. The Kier molecular flexibility index (Phi) is 3.98. The first-order valence-electron chi connectivity index (χ1n) is 7.45. The van der Waals surface area contributed by atoms with Crippen molar-refractivity contribution in [2.24, 2.45) is 5.10 Å². The summed E-state index contributed by atoms with van der Waals surface area (Å²) in [6, 6.07) is 16.0. The van der Waals surface area contributed by atoms with Gasteiger partial charge in [0.1, 0.15) is 11.5 Å². The Labute approximate surface area is 134 Å². The number of carbonyl (C=O) groups is 1. The first-order valence-corrected chi connectivity index (χ1v) is 7.45. The van der Waals surface area contributed by atoms with Crippen LogP contribution in [0.15, 0.2) is 58.0 Å². The molecule has 1 amide bonds. The maximum Gasteiger partial charge on any atom is 0.274 e. The summed E-state index contributed by atoms with van der Waals surface area (Å²) in [5, 5.41) is 6.53. The molecule has 0 saturated heterocycles. The van der Waals surface area contributed by atoms with Gasteiger partial charge in [0, 0.05) is 0 Å². The molecule has 0 unspecified atom stereocenters. The molecule has 2 aromatic carbocycles. The number of nitrogens with zero attached hydrogens (tertiary/aromatic N) is 1. The fourth-order valence-corrected chi connectivity index (χ4v) is 2.53. The van der Waals surface area contributed by atoms with Gasteiger partial charge in [0.2, 0.25) is 0 Å². The third-order valence-corrected chi connectivity index (χ3v) is 3.78. The zero-order valence-electron chi connectivity index (χ0n) is 13.4. The highest BCUT2D eigenvalue weighted by Gasteiger charge is 2.12. The summed E-state index contributed by atoms with van der Waals surface area (Å²) in [5.74, 6) is 1.04. The summed E-state index contributed by atoms with van der Waals surface area (Å²) >= 11 is 0. The average molecular weight is 306 g/mol. The van der Waals surface area contributed by atoms with Crippen LogP contribution in [0.3, 0.4) is 0 Å². The highest BCUT2D eigenvalue weighted by atomic mass is 16.3. The second-order valence-corrected chi connectivity index (χ2v) is 5.53. The number of aryl methyl sites for hydroxylation is 2. The highest BCUT2D eigenvalue weighted by molar-refractivity contribution is 6.03. The first-order chi connectivity index (χ1) is 11.0. The van der Waals surface area contributed by atoms with Crippen molar-refractivity contribution in [2.45, 2.75) is 20.8 Å². The van der Waals surface area contributed by atoms with Crippen LogP contribution >= 0.6 is 0 Å². The van der Waals surface area contributed by atoms with Gasteiger partial charge >= 0.3 is 0 Å². The largest absolute Gasteiger partial charge is 0.466 e. The molecule has 0 bridgehead atoms. The molecule has 0 saturated carbocycles. The molecule has 116 valence electrons. The summed E-state index contributed by atoms with van der Waals surface area (Å²) in [6.45, 7) is 5.45. The van der Waals surface area contributed by atoms with Gasteiger partial charge in [-0.1, -0.05) is 36.4 Å². The van der Waals surface area contributed by atoms with Gasteiger partial charge in [0.05, 0.1) is 11.3 Å². The molecule has 0 aliphatic heterocycles. The van der Waals surface area contributed by atoms with E-state index in [2.05, 4.69) is 34.8 Å². The number of nitrogens with one attached hydrogen (secondary N) is 1. The molecule has 1 heterocycles. The number of carbonyl (C=O) groups excluding carboxylic acids is 1. The molecular formula is C19H18N2O2. The Morgan fingerprint density at radius 2 is 1.78 bits per heavy atom. The molecule has 0 aliphatic carbocycles. The lowest BCUT2D eigenvalue weighted by Crippen LogP contribution is -2.19. The van der Waals surface area contributed by atoms with E-state index in [0.29, 0.717) is 17.1 Å². The minimum absolute atomic E-state index is 0.264. The van der Waals surface area contributed by atoms with Gasteiger partial charge in [0.25, 0.3) is 5.91 Å². The normalized spacial score (nSPS) is 11.7. The Hall–Kier alpha value is -2.88. The van der Waals surface area contributed by atoms with E-state index in [9.17, 15) is 4.79 Å². The number of fused-ring (bicyclic) bond motifs is 1. The van der Waals surface area contributed by atoms with Crippen molar-refractivity contribution in [3.63, 3.8) is 0 Å². The van der Waals surface area contributed by atoms with Gasteiger partial charge in [-0.05, 0) is 49.2 Å². The van der Waals surface area contributed by atoms with E-state index in [4.69, 9.17) is 4.42 Å². The molecule has 1 N–H and O–H groups in total. The van der Waals surface area contributed by atoms with Gasteiger partial charge in [-0.15, -0.1) is 0 Å². The van der Waals surface area contributed by atoms with Crippen LogP contribution in [0.1, 0.15) is 34.4 Å². The number of hydrogen-bond acceptors (Lipinski definition) is 3.